The lowest BCUT2D eigenvalue weighted by Crippen LogP contribution is -2.15. The number of hydrogen-bond acceptors (Lipinski definition) is 3. The van der Waals surface area contributed by atoms with Gasteiger partial charge in [-0.15, -0.1) is 0 Å². The lowest BCUT2D eigenvalue weighted by molar-refractivity contribution is 0.823. The molecule has 130 valence electrons. The Labute approximate surface area is 156 Å². The molecule has 2 aromatic carbocycles. The Morgan fingerprint density at radius 1 is 0.885 bits per heavy atom. The predicted octanol–water partition coefficient (Wildman–Crippen LogP) is 4.37. The summed E-state index contributed by atoms with van der Waals surface area (Å²) in [5.41, 5.74) is 2.32. The van der Waals surface area contributed by atoms with Gasteiger partial charge in [-0.05, 0) is 30.3 Å². The Hall–Kier alpha value is -3.18. The summed E-state index contributed by atoms with van der Waals surface area (Å²) in [6, 6.07) is 20.2. The molecule has 0 spiro atoms. The van der Waals surface area contributed by atoms with Gasteiger partial charge in [-0.25, -0.2) is 9.36 Å². The van der Waals surface area contributed by atoms with Gasteiger partial charge in [0.25, 0.3) is 0 Å². The highest BCUT2D eigenvalue weighted by Gasteiger charge is 2.14. The quantitative estimate of drug-likeness (QED) is 0.542. The maximum atomic E-state index is 12.4. The summed E-state index contributed by atoms with van der Waals surface area (Å²) in [5.74, 6) is 0. The third-order valence-corrected chi connectivity index (χ3v) is 4.11. The molecule has 4 aromatic rings. The molecule has 4 rings (SSSR count). The first-order chi connectivity index (χ1) is 12.2. The summed E-state index contributed by atoms with van der Waals surface area (Å²) >= 11 is 6.25. The average Bonchev–Trinajstić information content (AvgIpc) is 3.13. The fourth-order valence-corrected chi connectivity index (χ4v) is 2.84. The van der Waals surface area contributed by atoms with Crippen molar-refractivity contribution in [2.45, 2.75) is 7.43 Å². The Kier molecular flexibility index (Phi) is 5.00. The third-order valence-electron chi connectivity index (χ3n) is 3.79. The van der Waals surface area contributed by atoms with Crippen LogP contribution in [0.1, 0.15) is 7.43 Å². The maximum absolute atomic E-state index is 12.4. The van der Waals surface area contributed by atoms with Gasteiger partial charge in [0.1, 0.15) is 0 Å². The highest BCUT2D eigenvalue weighted by molar-refractivity contribution is 6.32. The molecule has 0 aliphatic rings. The van der Waals surface area contributed by atoms with Gasteiger partial charge in [0.05, 0.1) is 28.3 Å². The van der Waals surface area contributed by atoms with Crippen LogP contribution in [0.2, 0.25) is 5.02 Å². The van der Waals surface area contributed by atoms with Gasteiger partial charge >= 0.3 is 0 Å². The third kappa shape index (κ3) is 3.17. The first-order valence-electron chi connectivity index (χ1n) is 7.69. The second-order valence-electron chi connectivity index (χ2n) is 5.39. The van der Waals surface area contributed by atoms with Gasteiger partial charge in [-0.3, -0.25) is 4.79 Å². The fraction of sp³-hybridized carbons (Fsp3) is 0.0500. The zero-order chi connectivity index (χ0) is 17.2. The highest BCUT2D eigenvalue weighted by atomic mass is 35.5. The van der Waals surface area contributed by atoms with Crippen LogP contribution >= 0.6 is 11.6 Å². The molecular weight excluding hydrogens is 348 g/mol. The molecule has 26 heavy (non-hydrogen) atoms. The van der Waals surface area contributed by atoms with E-state index in [1.165, 1.54) is 6.07 Å². The molecule has 2 heterocycles. The van der Waals surface area contributed by atoms with E-state index in [0.29, 0.717) is 22.1 Å². The molecule has 0 aliphatic heterocycles. The molecule has 0 N–H and O–H groups in total. The van der Waals surface area contributed by atoms with E-state index in [4.69, 9.17) is 11.6 Å². The van der Waals surface area contributed by atoms with Crippen molar-refractivity contribution in [1.29, 1.82) is 0 Å². The first-order valence-corrected chi connectivity index (χ1v) is 8.06. The second-order valence-corrected chi connectivity index (χ2v) is 5.80. The van der Waals surface area contributed by atoms with Crippen molar-refractivity contribution >= 4 is 11.6 Å². The zero-order valence-electron chi connectivity index (χ0n) is 13.1. The molecule has 2 aromatic heterocycles. The van der Waals surface area contributed by atoms with Crippen LogP contribution in [0.5, 0.6) is 0 Å². The number of aromatic nitrogens is 4. The summed E-state index contributed by atoms with van der Waals surface area (Å²) in [4.78, 5) is 12.4. The number of rotatable bonds is 3. The highest BCUT2D eigenvalue weighted by Crippen LogP contribution is 2.21. The van der Waals surface area contributed by atoms with Crippen LogP contribution < -0.4 is 5.43 Å². The summed E-state index contributed by atoms with van der Waals surface area (Å²) < 4.78 is 3.29. The van der Waals surface area contributed by atoms with E-state index in [1.54, 1.807) is 33.9 Å². The molecule has 0 fully saturated rings. The molecule has 0 bridgehead atoms. The van der Waals surface area contributed by atoms with E-state index < -0.39 is 0 Å². The summed E-state index contributed by atoms with van der Waals surface area (Å²) in [5, 5.41) is 9.37. The van der Waals surface area contributed by atoms with Crippen molar-refractivity contribution < 1.29 is 0 Å². The van der Waals surface area contributed by atoms with Crippen LogP contribution in [-0.2, 0) is 0 Å². The standard InChI is InChI=1S/C19H13ClN4O.CH4/c20-15-8-4-5-9-16(15)23-13-11-18(25)19(22-23)17-10-12-21-24(17)14-6-2-1-3-7-14;/h1-13H;1H4. The first kappa shape index (κ1) is 17.6. The fourth-order valence-electron chi connectivity index (χ4n) is 2.61. The minimum atomic E-state index is -0.180. The van der Waals surface area contributed by atoms with Crippen LogP contribution in [0.3, 0.4) is 0 Å². The van der Waals surface area contributed by atoms with Crippen molar-refractivity contribution in [3.63, 3.8) is 0 Å². The van der Waals surface area contributed by atoms with E-state index in [9.17, 15) is 4.79 Å². The Morgan fingerprint density at radius 2 is 1.62 bits per heavy atom. The van der Waals surface area contributed by atoms with Gasteiger partial charge in [0.15, 0.2) is 5.69 Å². The molecule has 0 unspecified atom stereocenters. The zero-order valence-corrected chi connectivity index (χ0v) is 13.8. The lowest BCUT2D eigenvalue weighted by atomic mass is 10.2. The van der Waals surface area contributed by atoms with Crippen molar-refractivity contribution in [3.8, 4) is 22.8 Å². The number of para-hydroxylation sites is 2. The van der Waals surface area contributed by atoms with E-state index in [0.717, 1.165) is 5.69 Å². The Morgan fingerprint density at radius 3 is 2.38 bits per heavy atom. The van der Waals surface area contributed by atoms with Gasteiger partial charge < -0.3 is 0 Å². The molecule has 0 amide bonds. The molecule has 0 radical (unpaired) electrons. The van der Waals surface area contributed by atoms with Crippen LogP contribution in [-0.4, -0.2) is 19.6 Å². The van der Waals surface area contributed by atoms with Crippen molar-refractivity contribution in [1.82, 2.24) is 19.6 Å². The monoisotopic (exact) mass is 364 g/mol. The topological polar surface area (TPSA) is 52.7 Å². The Balaban J connectivity index is 0.00000196. The van der Waals surface area contributed by atoms with Crippen molar-refractivity contribution in [2.24, 2.45) is 0 Å². The molecular formula is C20H17ClN4O. The Bertz CT molecular complexity index is 1090. The van der Waals surface area contributed by atoms with Gasteiger partial charge in [0.2, 0.25) is 5.43 Å². The molecule has 5 nitrogen and oxygen atoms in total. The average molecular weight is 365 g/mol. The molecule has 0 atom stereocenters. The van der Waals surface area contributed by atoms with Gasteiger partial charge in [-0.1, -0.05) is 49.4 Å². The van der Waals surface area contributed by atoms with Crippen LogP contribution in [0.25, 0.3) is 22.8 Å². The summed E-state index contributed by atoms with van der Waals surface area (Å²) in [6.07, 6.45) is 3.26. The number of nitrogens with zero attached hydrogens (tertiary/aromatic N) is 4. The minimum absolute atomic E-state index is 0. The number of benzene rings is 2. The lowest BCUT2D eigenvalue weighted by Gasteiger charge is -2.10. The van der Waals surface area contributed by atoms with Crippen LogP contribution in [0, 0.1) is 0 Å². The normalized spacial score (nSPS) is 10.3. The van der Waals surface area contributed by atoms with Crippen LogP contribution in [0.4, 0.5) is 0 Å². The SMILES string of the molecule is C.O=c1ccn(-c2ccccc2Cl)nc1-c1ccnn1-c1ccccc1. The summed E-state index contributed by atoms with van der Waals surface area (Å²) in [7, 11) is 0. The second kappa shape index (κ2) is 7.37. The largest absolute Gasteiger partial charge is 0.287 e. The molecule has 0 saturated heterocycles. The van der Waals surface area contributed by atoms with Crippen molar-refractivity contribution in [2.75, 3.05) is 0 Å². The maximum Gasteiger partial charge on any atom is 0.209 e. The predicted molar refractivity (Wildman–Crippen MR) is 104 cm³/mol. The molecule has 6 heteroatoms. The van der Waals surface area contributed by atoms with E-state index >= 15 is 0 Å². The summed E-state index contributed by atoms with van der Waals surface area (Å²) in [6.45, 7) is 0. The number of halogens is 1. The number of hydrogen-bond donors (Lipinski definition) is 0. The van der Waals surface area contributed by atoms with Gasteiger partial charge in [0, 0.05) is 12.3 Å². The minimum Gasteiger partial charge on any atom is -0.287 e. The van der Waals surface area contributed by atoms with Crippen molar-refractivity contribution in [3.05, 3.63) is 94.4 Å². The van der Waals surface area contributed by atoms with E-state index in [-0.39, 0.29) is 12.9 Å². The molecule has 0 saturated carbocycles. The van der Waals surface area contributed by atoms with Crippen LogP contribution in [0.15, 0.2) is 83.9 Å². The molecule has 0 aliphatic carbocycles. The smallest absolute Gasteiger partial charge is 0.209 e. The van der Waals surface area contributed by atoms with E-state index in [1.807, 2.05) is 48.5 Å². The van der Waals surface area contributed by atoms with E-state index in [2.05, 4.69) is 10.2 Å². The van der Waals surface area contributed by atoms with Gasteiger partial charge in [-0.2, -0.15) is 10.2 Å².